The number of methoxy groups -OCH3 is 1. The van der Waals surface area contributed by atoms with Gasteiger partial charge in [-0.1, -0.05) is 13.0 Å². The zero-order valence-electron chi connectivity index (χ0n) is 17.3. The molecular formula is C21H34F2N4O. The largest absolute Gasteiger partial charge is 0.385 e. The van der Waals surface area contributed by atoms with E-state index in [0.717, 1.165) is 64.1 Å². The Kier molecular flexibility index (Phi) is 9.64. The lowest BCUT2D eigenvalue weighted by Crippen LogP contribution is -2.49. The fourth-order valence-electron chi connectivity index (χ4n) is 3.47. The van der Waals surface area contributed by atoms with Crippen molar-refractivity contribution in [2.24, 2.45) is 4.99 Å². The molecule has 0 amide bonds. The second-order valence-electron chi connectivity index (χ2n) is 7.39. The van der Waals surface area contributed by atoms with E-state index in [1.54, 1.807) is 7.11 Å². The van der Waals surface area contributed by atoms with Crippen LogP contribution in [-0.2, 0) is 4.74 Å². The summed E-state index contributed by atoms with van der Waals surface area (Å²) in [5.74, 6) is -0.435. The van der Waals surface area contributed by atoms with Crippen LogP contribution in [0.15, 0.2) is 23.2 Å². The summed E-state index contributed by atoms with van der Waals surface area (Å²) in [6.07, 6.45) is 3.20. The lowest BCUT2D eigenvalue weighted by molar-refractivity contribution is 0.155. The molecule has 1 aliphatic heterocycles. The molecule has 2 N–H and O–H groups in total. The SMILES string of the molecule is CCNC(=NCC(C)c1ccc(F)cc1F)NC1CCN(CCCOC)CC1. The van der Waals surface area contributed by atoms with Crippen LogP contribution in [0.2, 0.25) is 0 Å². The second kappa shape index (κ2) is 12.0. The molecule has 158 valence electrons. The Morgan fingerprint density at radius 1 is 1.32 bits per heavy atom. The number of hydrogen-bond donors (Lipinski definition) is 2. The highest BCUT2D eigenvalue weighted by Gasteiger charge is 2.20. The van der Waals surface area contributed by atoms with Crippen LogP contribution in [0.25, 0.3) is 0 Å². The van der Waals surface area contributed by atoms with Crippen molar-refractivity contribution in [3.8, 4) is 0 Å². The normalized spacial score (nSPS) is 17.5. The number of aliphatic imine (C=N–C) groups is 1. The average Bonchev–Trinajstić information content (AvgIpc) is 2.67. The summed E-state index contributed by atoms with van der Waals surface area (Å²) in [7, 11) is 1.74. The predicted molar refractivity (Wildman–Crippen MR) is 110 cm³/mol. The Morgan fingerprint density at radius 3 is 2.71 bits per heavy atom. The summed E-state index contributed by atoms with van der Waals surface area (Å²) in [4.78, 5) is 7.10. The number of piperidine rings is 1. The number of benzene rings is 1. The Labute approximate surface area is 167 Å². The van der Waals surface area contributed by atoms with E-state index >= 15 is 0 Å². The Morgan fingerprint density at radius 2 is 2.07 bits per heavy atom. The minimum Gasteiger partial charge on any atom is -0.385 e. The van der Waals surface area contributed by atoms with Crippen molar-refractivity contribution >= 4 is 5.96 Å². The molecular weight excluding hydrogens is 362 g/mol. The molecule has 1 fully saturated rings. The maximum absolute atomic E-state index is 14.0. The van der Waals surface area contributed by atoms with Crippen molar-refractivity contribution in [3.05, 3.63) is 35.4 Å². The number of nitrogens with one attached hydrogen (secondary N) is 2. The van der Waals surface area contributed by atoms with Crippen LogP contribution >= 0.6 is 0 Å². The van der Waals surface area contributed by atoms with E-state index in [-0.39, 0.29) is 5.92 Å². The van der Waals surface area contributed by atoms with E-state index in [4.69, 9.17) is 4.74 Å². The van der Waals surface area contributed by atoms with Crippen molar-refractivity contribution in [1.82, 2.24) is 15.5 Å². The van der Waals surface area contributed by atoms with Crippen LogP contribution < -0.4 is 10.6 Å². The molecule has 0 saturated carbocycles. The van der Waals surface area contributed by atoms with Crippen molar-refractivity contribution in [2.75, 3.05) is 46.4 Å². The van der Waals surface area contributed by atoms with Crippen LogP contribution in [0.5, 0.6) is 0 Å². The van der Waals surface area contributed by atoms with Gasteiger partial charge in [-0.3, -0.25) is 4.99 Å². The highest BCUT2D eigenvalue weighted by atomic mass is 19.1. The first kappa shape index (κ1) is 22.6. The van der Waals surface area contributed by atoms with Gasteiger partial charge in [0.2, 0.25) is 0 Å². The van der Waals surface area contributed by atoms with Gasteiger partial charge >= 0.3 is 0 Å². The average molecular weight is 397 g/mol. The van der Waals surface area contributed by atoms with Crippen LogP contribution in [0.1, 0.15) is 44.6 Å². The summed E-state index contributed by atoms with van der Waals surface area (Å²) in [6.45, 7) is 9.16. The lowest BCUT2D eigenvalue weighted by Gasteiger charge is -2.33. The zero-order valence-corrected chi connectivity index (χ0v) is 17.3. The van der Waals surface area contributed by atoms with Crippen molar-refractivity contribution < 1.29 is 13.5 Å². The van der Waals surface area contributed by atoms with Crippen LogP contribution in [0.4, 0.5) is 8.78 Å². The molecule has 0 radical (unpaired) electrons. The maximum atomic E-state index is 14.0. The summed E-state index contributed by atoms with van der Waals surface area (Å²) >= 11 is 0. The first-order chi connectivity index (χ1) is 13.5. The zero-order chi connectivity index (χ0) is 20.4. The summed E-state index contributed by atoms with van der Waals surface area (Å²) in [5, 5.41) is 6.78. The molecule has 28 heavy (non-hydrogen) atoms. The fourth-order valence-corrected chi connectivity index (χ4v) is 3.47. The van der Waals surface area contributed by atoms with E-state index < -0.39 is 11.6 Å². The van der Waals surface area contributed by atoms with Gasteiger partial charge in [0, 0.05) is 64.5 Å². The molecule has 1 heterocycles. The number of hydrogen-bond acceptors (Lipinski definition) is 3. The highest BCUT2D eigenvalue weighted by Crippen LogP contribution is 2.20. The molecule has 5 nitrogen and oxygen atoms in total. The van der Waals surface area contributed by atoms with E-state index in [1.807, 2.05) is 13.8 Å². The third kappa shape index (κ3) is 7.36. The summed E-state index contributed by atoms with van der Waals surface area (Å²) in [6, 6.07) is 4.11. The van der Waals surface area contributed by atoms with Crippen LogP contribution in [0, 0.1) is 11.6 Å². The first-order valence-electron chi connectivity index (χ1n) is 10.2. The Balaban J connectivity index is 1.85. The van der Waals surface area contributed by atoms with Gasteiger partial charge in [0.25, 0.3) is 0 Å². The van der Waals surface area contributed by atoms with Gasteiger partial charge in [-0.2, -0.15) is 0 Å². The Bertz CT molecular complexity index is 618. The molecule has 0 bridgehead atoms. The standard InChI is InChI=1S/C21H34F2N4O/c1-4-24-21(25-15-16(2)19-7-6-17(22)14-20(19)23)26-18-8-11-27(12-9-18)10-5-13-28-3/h6-7,14,16,18H,4-5,8-13,15H2,1-3H3,(H2,24,25,26). The minimum absolute atomic E-state index is 0.126. The van der Waals surface area contributed by atoms with Gasteiger partial charge in [-0.05, 0) is 37.8 Å². The van der Waals surface area contributed by atoms with Crippen LogP contribution in [-0.4, -0.2) is 63.3 Å². The van der Waals surface area contributed by atoms with E-state index in [2.05, 4.69) is 20.5 Å². The number of rotatable bonds is 9. The summed E-state index contributed by atoms with van der Waals surface area (Å²) in [5.41, 5.74) is 0.491. The topological polar surface area (TPSA) is 48.9 Å². The summed E-state index contributed by atoms with van der Waals surface area (Å²) < 4.78 is 32.2. The number of halogens is 2. The third-order valence-corrected chi connectivity index (χ3v) is 5.11. The van der Waals surface area contributed by atoms with Gasteiger partial charge < -0.3 is 20.3 Å². The maximum Gasteiger partial charge on any atom is 0.191 e. The number of nitrogens with zero attached hydrogens (tertiary/aromatic N) is 2. The van der Waals surface area contributed by atoms with Gasteiger partial charge in [0.1, 0.15) is 11.6 Å². The molecule has 1 aliphatic rings. The molecule has 1 aromatic carbocycles. The van der Waals surface area contributed by atoms with Crippen LogP contribution in [0.3, 0.4) is 0 Å². The molecule has 7 heteroatoms. The van der Waals surface area contributed by atoms with E-state index in [1.165, 1.54) is 12.1 Å². The third-order valence-electron chi connectivity index (χ3n) is 5.11. The lowest BCUT2D eigenvalue weighted by atomic mass is 10.0. The first-order valence-corrected chi connectivity index (χ1v) is 10.2. The molecule has 1 unspecified atom stereocenters. The van der Waals surface area contributed by atoms with Crippen molar-refractivity contribution in [2.45, 2.75) is 45.1 Å². The number of guanidine groups is 1. The smallest absolute Gasteiger partial charge is 0.191 e. The highest BCUT2D eigenvalue weighted by molar-refractivity contribution is 5.80. The van der Waals surface area contributed by atoms with Gasteiger partial charge in [0.05, 0.1) is 0 Å². The second-order valence-corrected chi connectivity index (χ2v) is 7.39. The molecule has 1 saturated heterocycles. The van der Waals surface area contributed by atoms with Gasteiger partial charge in [-0.15, -0.1) is 0 Å². The predicted octanol–water partition coefficient (Wildman–Crippen LogP) is 3.12. The molecule has 0 aromatic heterocycles. The van der Waals surface area contributed by atoms with Crippen molar-refractivity contribution in [3.63, 3.8) is 0 Å². The van der Waals surface area contributed by atoms with E-state index in [0.29, 0.717) is 18.2 Å². The van der Waals surface area contributed by atoms with Gasteiger partial charge in [-0.25, -0.2) is 8.78 Å². The number of ether oxygens (including phenoxy) is 1. The van der Waals surface area contributed by atoms with Gasteiger partial charge in [0.15, 0.2) is 5.96 Å². The minimum atomic E-state index is -0.555. The monoisotopic (exact) mass is 396 g/mol. The fraction of sp³-hybridized carbons (Fsp3) is 0.667. The Hall–Kier alpha value is -1.73. The van der Waals surface area contributed by atoms with E-state index in [9.17, 15) is 8.78 Å². The molecule has 1 atom stereocenters. The molecule has 2 rings (SSSR count). The number of likely N-dealkylation sites (tertiary alicyclic amines) is 1. The molecule has 0 spiro atoms. The molecule has 0 aliphatic carbocycles. The molecule has 1 aromatic rings. The quantitative estimate of drug-likeness (QED) is 0.383. The van der Waals surface area contributed by atoms with Crippen molar-refractivity contribution in [1.29, 1.82) is 0 Å².